The molecule has 1 aromatic rings. The Morgan fingerprint density at radius 3 is 2.48 bits per heavy atom. The Kier molecular flexibility index (Phi) is 4.23. The molecule has 0 heterocycles. The first-order chi connectivity index (χ1) is 9.55. The van der Waals surface area contributed by atoms with Crippen LogP contribution in [0.4, 0.5) is 4.39 Å². The molecule has 1 amide bonds. The summed E-state index contributed by atoms with van der Waals surface area (Å²) in [6.45, 7) is 2.39. The summed E-state index contributed by atoms with van der Waals surface area (Å²) < 4.78 is 36.6. The van der Waals surface area contributed by atoms with Crippen molar-refractivity contribution in [3.05, 3.63) is 27.5 Å². The van der Waals surface area contributed by atoms with Crippen molar-refractivity contribution in [3.8, 4) is 0 Å². The molecule has 0 aromatic heterocycles. The van der Waals surface area contributed by atoms with Crippen molar-refractivity contribution in [2.75, 3.05) is 6.54 Å². The first-order valence-electron chi connectivity index (χ1n) is 6.04. The highest BCUT2D eigenvalue weighted by Crippen LogP contribution is 2.44. The van der Waals surface area contributed by atoms with E-state index in [9.17, 15) is 17.6 Å². The first-order valence-corrected chi connectivity index (χ1v) is 8.34. The van der Waals surface area contributed by atoms with Crippen molar-refractivity contribution in [1.29, 1.82) is 0 Å². The maximum Gasteiger partial charge on any atom is 0.252 e. The minimum Gasteiger partial charge on any atom is -0.351 e. The minimum atomic E-state index is -4.36. The number of amides is 1. The average molecular weight is 355 g/mol. The Bertz CT molecular complexity index is 718. The van der Waals surface area contributed by atoms with E-state index in [-0.39, 0.29) is 11.0 Å². The fourth-order valence-corrected chi connectivity index (χ4v) is 3.56. The Hall–Kier alpha value is -0.890. The number of primary sulfonamides is 1. The van der Waals surface area contributed by atoms with Gasteiger partial charge in [0.2, 0.25) is 10.0 Å². The van der Waals surface area contributed by atoms with E-state index in [0.29, 0.717) is 6.54 Å². The fraction of sp³-hybridized carbons (Fsp3) is 0.417. The van der Waals surface area contributed by atoms with Gasteiger partial charge in [-0.15, -0.1) is 0 Å². The second-order valence-electron chi connectivity index (χ2n) is 5.40. The van der Waals surface area contributed by atoms with Crippen LogP contribution in [0.3, 0.4) is 0 Å². The van der Waals surface area contributed by atoms with Crippen molar-refractivity contribution >= 4 is 39.1 Å². The molecular formula is C12H13Cl2FN2O3S. The van der Waals surface area contributed by atoms with Crippen LogP contribution < -0.4 is 10.5 Å². The first kappa shape index (κ1) is 16.5. The molecule has 21 heavy (non-hydrogen) atoms. The van der Waals surface area contributed by atoms with Crippen molar-refractivity contribution in [2.45, 2.75) is 24.7 Å². The van der Waals surface area contributed by atoms with Gasteiger partial charge in [0.25, 0.3) is 5.91 Å². The molecule has 0 unspecified atom stereocenters. The van der Waals surface area contributed by atoms with Crippen LogP contribution in [0.15, 0.2) is 11.0 Å². The van der Waals surface area contributed by atoms with Gasteiger partial charge in [0.1, 0.15) is 10.7 Å². The Labute approximate surface area is 131 Å². The van der Waals surface area contributed by atoms with E-state index in [2.05, 4.69) is 5.32 Å². The summed E-state index contributed by atoms with van der Waals surface area (Å²) in [5.74, 6) is -1.75. The molecule has 0 spiro atoms. The van der Waals surface area contributed by atoms with E-state index in [4.69, 9.17) is 28.3 Å². The lowest BCUT2D eigenvalue weighted by Crippen LogP contribution is -2.29. The minimum absolute atomic E-state index is 0.0376. The van der Waals surface area contributed by atoms with Crippen LogP contribution in [0.1, 0.15) is 30.1 Å². The summed E-state index contributed by atoms with van der Waals surface area (Å²) in [6.07, 6.45) is 1.97. The Morgan fingerprint density at radius 2 is 2.00 bits per heavy atom. The van der Waals surface area contributed by atoms with E-state index in [0.717, 1.165) is 18.9 Å². The van der Waals surface area contributed by atoms with E-state index in [1.54, 1.807) is 0 Å². The molecule has 1 aliphatic rings. The van der Waals surface area contributed by atoms with E-state index in [1.807, 2.05) is 6.92 Å². The largest absolute Gasteiger partial charge is 0.351 e. The molecule has 5 nitrogen and oxygen atoms in total. The normalized spacial score (nSPS) is 16.6. The molecule has 9 heteroatoms. The van der Waals surface area contributed by atoms with Gasteiger partial charge in [-0.3, -0.25) is 4.79 Å². The third-order valence-corrected chi connectivity index (χ3v) is 5.39. The average Bonchev–Trinajstić information content (AvgIpc) is 3.08. The highest BCUT2D eigenvalue weighted by Gasteiger charge is 2.37. The van der Waals surface area contributed by atoms with Gasteiger partial charge in [-0.25, -0.2) is 17.9 Å². The van der Waals surface area contributed by atoms with Crippen LogP contribution in [-0.2, 0) is 10.0 Å². The van der Waals surface area contributed by atoms with Gasteiger partial charge < -0.3 is 5.32 Å². The number of sulfonamides is 1. The maximum atomic E-state index is 13.7. The number of nitrogens with one attached hydrogen (secondary N) is 1. The van der Waals surface area contributed by atoms with Crippen LogP contribution in [0.25, 0.3) is 0 Å². The molecule has 1 aromatic carbocycles. The Morgan fingerprint density at radius 1 is 1.43 bits per heavy atom. The molecule has 116 valence electrons. The zero-order valence-electron chi connectivity index (χ0n) is 11.0. The lowest BCUT2D eigenvalue weighted by atomic mass is 10.1. The number of benzene rings is 1. The number of hydrogen-bond donors (Lipinski definition) is 2. The van der Waals surface area contributed by atoms with Gasteiger partial charge in [0, 0.05) is 6.54 Å². The smallest absolute Gasteiger partial charge is 0.252 e. The second-order valence-corrected chi connectivity index (χ2v) is 7.66. The van der Waals surface area contributed by atoms with Crippen molar-refractivity contribution in [1.82, 2.24) is 5.32 Å². The summed E-state index contributed by atoms with van der Waals surface area (Å²) in [4.78, 5) is 11.3. The highest BCUT2D eigenvalue weighted by molar-refractivity contribution is 7.89. The SMILES string of the molecule is CC1(CNC(=O)c2cc(F)c(Cl)c(S(N)(=O)=O)c2Cl)CC1. The number of carbonyl (C=O) groups excluding carboxylic acids is 1. The molecule has 0 saturated heterocycles. The van der Waals surface area contributed by atoms with E-state index >= 15 is 0 Å². The van der Waals surface area contributed by atoms with Gasteiger partial charge in [0.15, 0.2) is 0 Å². The molecule has 0 atom stereocenters. The molecule has 0 aliphatic heterocycles. The van der Waals surface area contributed by atoms with Crippen LogP contribution in [-0.4, -0.2) is 20.9 Å². The summed E-state index contributed by atoms with van der Waals surface area (Å²) in [7, 11) is -4.36. The summed E-state index contributed by atoms with van der Waals surface area (Å²) in [6, 6.07) is 0.796. The molecular weight excluding hydrogens is 342 g/mol. The number of carbonyl (C=O) groups is 1. The molecule has 1 aliphatic carbocycles. The molecule has 3 N–H and O–H groups in total. The van der Waals surface area contributed by atoms with Crippen LogP contribution >= 0.6 is 23.2 Å². The molecule has 0 radical (unpaired) electrons. The molecule has 1 fully saturated rings. The van der Waals surface area contributed by atoms with Gasteiger partial charge in [0.05, 0.1) is 15.6 Å². The predicted molar refractivity (Wildman–Crippen MR) is 77.5 cm³/mol. The summed E-state index contributed by atoms with van der Waals surface area (Å²) in [5.41, 5.74) is -0.276. The van der Waals surface area contributed by atoms with Crippen molar-refractivity contribution < 1.29 is 17.6 Å². The fourth-order valence-electron chi connectivity index (χ4n) is 1.77. The number of rotatable bonds is 4. The van der Waals surface area contributed by atoms with Gasteiger partial charge in [-0.05, 0) is 24.3 Å². The third kappa shape index (κ3) is 3.48. The topological polar surface area (TPSA) is 89.3 Å². The van der Waals surface area contributed by atoms with Gasteiger partial charge >= 0.3 is 0 Å². The van der Waals surface area contributed by atoms with Crippen LogP contribution in [0.2, 0.25) is 10.0 Å². The number of nitrogens with two attached hydrogens (primary N) is 1. The van der Waals surface area contributed by atoms with Crippen LogP contribution in [0, 0.1) is 11.2 Å². The summed E-state index contributed by atoms with van der Waals surface area (Å²) in [5, 5.41) is 6.34. The standard InChI is InChI=1S/C12H13Cl2FN2O3S/c1-12(2-3-12)5-17-11(18)6-4-7(15)9(14)10(8(6)13)21(16,19)20/h4H,2-3,5H2,1H3,(H,17,18)(H2,16,19,20). The number of halogens is 3. The van der Waals surface area contributed by atoms with Crippen molar-refractivity contribution in [3.63, 3.8) is 0 Å². The monoisotopic (exact) mass is 354 g/mol. The predicted octanol–water partition coefficient (Wildman–Crippen LogP) is 2.31. The van der Waals surface area contributed by atoms with Gasteiger partial charge in [-0.1, -0.05) is 30.1 Å². The van der Waals surface area contributed by atoms with Gasteiger partial charge in [-0.2, -0.15) is 0 Å². The summed E-state index contributed by atoms with van der Waals surface area (Å²) >= 11 is 11.4. The molecule has 0 bridgehead atoms. The van der Waals surface area contributed by atoms with E-state index in [1.165, 1.54) is 0 Å². The highest BCUT2D eigenvalue weighted by atomic mass is 35.5. The second kappa shape index (κ2) is 5.39. The Balaban J connectivity index is 2.40. The van der Waals surface area contributed by atoms with Crippen LogP contribution in [0.5, 0.6) is 0 Å². The molecule has 2 rings (SSSR count). The van der Waals surface area contributed by atoms with Crippen molar-refractivity contribution in [2.24, 2.45) is 10.6 Å². The zero-order valence-corrected chi connectivity index (χ0v) is 13.4. The maximum absolute atomic E-state index is 13.7. The molecule has 1 saturated carbocycles. The number of hydrogen-bond acceptors (Lipinski definition) is 3. The van der Waals surface area contributed by atoms with E-state index < -0.39 is 36.7 Å². The lowest BCUT2D eigenvalue weighted by Gasteiger charge is -2.13. The quantitative estimate of drug-likeness (QED) is 0.813. The lowest BCUT2D eigenvalue weighted by molar-refractivity contribution is 0.0945. The zero-order chi connectivity index (χ0) is 16.0. The third-order valence-electron chi connectivity index (χ3n) is 3.42.